The standard InChI is InChI=1S/C19H24N2O3/c22-18(23)12-17-19(24)21(11-10-14-6-2-1-3-7-14)13-15-8-4-5-9-16(15)20-17/h1-3,6-7,9,15,17,20H,4-5,8,10-13H2,(H,22,23). The summed E-state index contributed by atoms with van der Waals surface area (Å²) in [4.78, 5) is 25.8. The van der Waals surface area contributed by atoms with Gasteiger partial charge >= 0.3 is 5.97 Å². The zero-order valence-electron chi connectivity index (χ0n) is 13.8. The molecule has 1 heterocycles. The summed E-state index contributed by atoms with van der Waals surface area (Å²) in [6.45, 7) is 1.31. The van der Waals surface area contributed by atoms with Crippen LogP contribution in [0, 0.1) is 5.92 Å². The monoisotopic (exact) mass is 328 g/mol. The van der Waals surface area contributed by atoms with Gasteiger partial charge in [-0.25, -0.2) is 0 Å². The third-order valence-electron chi connectivity index (χ3n) is 4.84. The van der Waals surface area contributed by atoms with Crippen molar-refractivity contribution in [2.45, 2.75) is 38.1 Å². The van der Waals surface area contributed by atoms with Crippen molar-refractivity contribution in [1.29, 1.82) is 0 Å². The van der Waals surface area contributed by atoms with Gasteiger partial charge in [-0.1, -0.05) is 36.4 Å². The first kappa shape index (κ1) is 16.6. The molecule has 24 heavy (non-hydrogen) atoms. The number of fused-ring (bicyclic) bond motifs is 1. The van der Waals surface area contributed by atoms with Crippen LogP contribution in [0.15, 0.2) is 42.1 Å². The van der Waals surface area contributed by atoms with E-state index < -0.39 is 12.0 Å². The lowest BCUT2D eigenvalue weighted by Crippen LogP contribution is -2.45. The number of aliphatic carboxylic acids is 1. The van der Waals surface area contributed by atoms with E-state index in [0.29, 0.717) is 19.0 Å². The number of carbonyl (C=O) groups is 2. The number of amides is 1. The van der Waals surface area contributed by atoms with Crippen molar-refractivity contribution in [3.8, 4) is 0 Å². The smallest absolute Gasteiger partial charge is 0.305 e. The number of carboxylic acids is 1. The maximum absolute atomic E-state index is 12.8. The fraction of sp³-hybridized carbons (Fsp3) is 0.474. The fourth-order valence-electron chi connectivity index (χ4n) is 3.57. The van der Waals surface area contributed by atoms with Gasteiger partial charge in [0.25, 0.3) is 0 Å². The van der Waals surface area contributed by atoms with Crippen LogP contribution in [0.5, 0.6) is 0 Å². The predicted octanol–water partition coefficient (Wildman–Crippen LogP) is 2.19. The Bertz CT molecular complexity index is 627. The number of hydrogen-bond donors (Lipinski definition) is 2. The zero-order chi connectivity index (χ0) is 16.9. The number of carboxylic acid groups (broad SMARTS) is 1. The summed E-state index contributed by atoms with van der Waals surface area (Å²) < 4.78 is 0. The van der Waals surface area contributed by atoms with Crippen LogP contribution in [0.2, 0.25) is 0 Å². The Balaban J connectivity index is 1.75. The number of hydrogen-bond acceptors (Lipinski definition) is 3. The molecular formula is C19H24N2O3. The Hall–Kier alpha value is -2.30. The van der Waals surface area contributed by atoms with Crippen LogP contribution < -0.4 is 5.32 Å². The highest BCUT2D eigenvalue weighted by Crippen LogP contribution is 2.27. The van der Waals surface area contributed by atoms with E-state index in [1.165, 1.54) is 5.56 Å². The van der Waals surface area contributed by atoms with E-state index in [-0.39, 0.29) is 12.3 Å². The van der Waals surface area contributed by atoms with Gasteiger partial charge in [-0.05, 0) is 31.2 Å². The third kappa shape index (κ3) is 3.96. The molecule has 0 radical (unpaired) electrons. The van der Waals surface area contributed by atoms with E-state index in [9.17, 15) is 9.59 Å². The van der Waals surface area contributed by atoms with Gasteiger partial charge in [-0.2, -0.15) is 0 Å². The molecule has 2 aliphatic rings. The number of nitrogens with one attached hydrogen (secondary N) is 1. The number of nitrogens with zero attached hydrogens (tertiary/aromatic N) is 1. The highest BCUT2D eigenvalue weighted by molar-refractivity contribution is 5.87. The van der Waals surface area contributed by atoms with Gasteiger partial charge in [0.15, 0.2) is 0 Å². The topological polar surface area (TPSA) is 69.6 Å². The molecule has 0 bridgehead atoms. The lowest BCUT2D eigenvalue weighted by atomic mass is 9.92. The van der Waals surface area contributed by atoms with E-state index in [1.54, 1.807) is 0 Å². The van der Waals surface area contributed by atoms with E-state index in [1.807, 2.05) is 23.1 Å². The lowest BCUT2D eigenvalue weighted by molar-refractivity contribution is -0.142. The van der Waals surface area contributed by atoms with E-state index in [2.05, 4.69) is 23.5 Å². The molecule has 2 atom stereocenters. The fourth-order valence-corrected chi connectivity index (χ4v) is 3.57. The normalized spacial score (nSPS) is 23.8. The second kappa shape index (κ2) is 7.51. The number of rotatable bonds is 5. The molecular weight excluding hydrogens is 304 g/mol. The molecule has 128 valence electrons. The Kier molecular flexibility index (Phi) is 5.18. The molecule has 5 heteroatoms. The summed E-state index contributed by atoms with van der Waals surface area (Å²) in [5.41, 5.74) is 2.25. The summed E-state index contributed by atoms with van der Waals surface area (Å²) >= 11 is 0. The van der Waals surface area contributed by atoms with Gasteiger partial charge in [-0.3, -0.25) is 9.59 Å². The van der Waals surface area contributed by atoms with Crippen LogP contribution in [-0.4, -0.2) is 41.0 Å². The molecule has 2 unspecified atom stereocenters. The molecule has 0 aromatic heterocycles. The second-order valence-electron chi connectivity index (χ2n) is 6.60. The predicted molar refractivity (Wildman–Crippen MR) is 91.3 cm³/mol. The van der Waals surface area contributed by atoms with Crippen LogP contribution in [0.25, 0.3) is 0 Å². The van der Waals surface area contributed by atoms with Crippen LogP contribution in [0.4, 0.5) is 0 Å². The van der Waals surface area contributed by atoms with Crippen LogP contribution in [-0.2, 0) is 16.0 Å². The van der Waals surface area contributed by atoms with E-state index in [4.69, 9.17) is 5.11 Å². The highest BCUT2D eigenvalue weighted by Gasteiger charge is 2.34. The van der Waals surface area contributed by atoms with Crippen molar-refractivity contribution in [1.82, 2.24) is 10.2 Å². The van der Waals surface area contributed by atoms with Crippen molar-refractivity contribution in [2.75, 3.05) is 13.1 Å². The summed E-state index contributed by atoms with van der Waals surface area (Å²) in [6, 6.07) is 9.43. The first-order valence-electron chi connectivity index (χ1n) is 8.64. The molecule has 1 aromatic rings. The van der Waals surface area contributed by atoms with Crippen LogP contribution in [0.1, 0.15) is 31.2 Å². The van der Waals surface area contributed by atoms with Gasteiger partial charge in [0, 0.05) is 24.7 Å². The first-order chi connectivity index (χ1) is 11.6. The van der Waals surface area contributed by atoms with Crippen LogP contribution >= 0.6 is 0 Å². The zero-order valence-corrected chi connectivity index (χ0v) is 13.8. The SMILES string of the molecule is O=C(O)CC1NC2=CCCCC2CN(CCc2ccccc2)C1=O. The average Bonchev–Trinajstić information content (AvgIpc) is 2.71. The van der Waals surface area contributed by atoms with Crippen molar-refractivity contribution in [3.63, 3.8) is 0 Å². The van der Waals surface area contributed by atoms with Gasteiger partial charge < -0.3 is 15.3 Å². The summed E-state index contributed by atoms with van der Waals surface area (Å²) in [5.74, 6) is -0.736. The summed E-state index contributed by atoms with van der Waals surface area (Å²) in [5, 5.41) is 12.4. The first-order valence-corrected chi connectivity index (χ1v) is 8.64. The lowest BCUT2D eigenvalue weighted by Gasteiger charge is -2.26. The number of carbonyl (C=O) groups excluding carboxylic acids is 1. The Morgan fingerprint density at radius 1 is 1.29 bits per heavy atom. The Morgan fingerprint density at radius 3 is 2.83 bits per heavy atom. The maximum Gasteiger partial charge on any atom is 0.305 e. The maximum atomic E-state index is 12.8. The quantitative estimate of drug-likeness (QED) is 0.869. The van der Waals surface area contributed by atoms with Crippen molar-refractivity contribution >= 4 is 11.9 Å². The molecule has 1 aliphatic heterocycles. The third-order valence-corrected chi connectivity index (χ3v) is 4.84. The number of allylic oxidation sites excluding steroid dienone is 1. The molecule has 1 aliphatic carbocycles. The van der Waals surface area contributed by atoms with Gasteiger partial charge in [0.2, 0.25) is 5.91 Å². The molecule has 0 spiro atoms. The largest absolute Gasteiger partial charge is 0.481 e. The Morgan fingerprint density at radius 2 is 2.08 bits per heavy atom. The van der Waals surface area contributed by atoms with E-state index >= 15 is 0 Å². The highest BCUT2D eigenvalue weighted by atomic mass is 16.4. The minimum absolute atomic E-state index is 0.0939. The molecule has 1 saturated heterocycles. The molecule has 0 saturated carbocycles. The summed E-state index contributed by atoms with van der Waals surface area (Å²) in [7, 11) is 0. The number of benzene rings is 1. The molecule has 5 nitrogen and oxygen atoms in total. The second-order valence-corrected chi connectivity index (χ2v) is 6.60. The average molecular weight is 328 g/mol. The molecule has 1 amide bonds. The molecule has 3 rings (SSSR count). The van der Waals surface area contributed by atoms with Crippen molar-refractivity contribution < 1.29 is 14.7 Å². The molecule has 2 N–H and O–H groups in total. The van der Waals surface area contributed by atoms with Gasteiger partial charge in [-0.15, -0.1) is 0 Å². The van der Waals surface area contributed by atoms with Crippen LogP contribution in [0.3, 0.4) is 0 Å². The van der Waals surface area contributed by atoms with Crippen molar-refractivity contribution in [3.05, 3.63) is 47.7 Å². The van der Waals surface area contributed by atoms with Gasteiger partial charge in [0.05, 0.1) is 6.42 Å². The Labute approximate surface area is 142 Å². The molecule has 1 aromatic carbocycles. The summed E-state index contributed by atoms with van der Waals surface area (Å²) in [6.07, 6.45) is 5.92. The molecule has 1 fully saturated rings. The van der Waals surface area contributed by atoms with Gasteiger partial charge in [0.1, 0.15) is 6.04 Å². The minimum atomic E-state index is -0.946. The minimum Gasteiger partial charge on any atom is -0.481 e. The van der Waals surface area contributed by atoms with Crippen molar-refractivity contribution in [2.24, 2.45) is 5.92 Å². The van der Waals surface area contributed by atoms with E-state index in [0.717, 1.165) is 31.4 Å².